The van der Waals surface area contributed by atoms with Gasteiger partial charge in [0.15, 0.2) is 6.61 Å². The summed E-state index contributed by atoms with van der Waals surface area (Å²) in [5.74, 6) is -0.365. The lowest BCUT2D eigenvalue weighted by molar-refractivity contribution is -0.124. The first-order chi connectivity index (χ1) is 13.8. The van der Waals surface area contributed by atoms with Crippen molar-refractivity contribution in [1.82, 2.24) is 5.32 Å². The summed E-state index contributed by atoms with van der Waals surface area (Å²) in [6.07, 6.45) is 0.429. The third-order valence-corrected chi connectivity index (χ3v) is 5.89. The van der Waals surface area contributed by atoms with Crippen LogP contribution in [0.5, 0.6) is 0 Å². The lowest BCUT2D eigenvalue weighted by Gasteiger charge is -2.16. The van der Waals surface area contributed by atoms with Crippen LogP contribution in [0.4, 0.5) is 5.69 Å². The number of hydrogen-bond acceptors (Lipinski definition) is 5. The van der Waals surface area contributed by atoms with Crippen LogP contribution in [0, 0.1) is 13.8 Å². The predicted molar refractivity (Wildman–Crippen MR) is 113 cm³/mol. The third-order valence-electron chi connectivity index (χ3n) is 4.82. The second-order valence-corrected chi connectivity index (χ2v) is 8.20. The van der Waals surface area contributed by atoms with Crippen LogP contribution in [0.2, 0.25) is 0 Å². The smallest absolute Gasteiger partial charge is 0.338 e. The number of carbonyl (C=O) groups excluding carboxylic acids is 3. The molecule has 2 amide bonds. The Balaban J connectivity index is 1.56. The van der Waals surface area contributed by atoms with E-state index in [-0.39, 0.29) is 24.5 Å². The van der Waals surface area contributed by atoms with E-state index in [4.69, 9.17) is 4.74 Å². The molecule has 0 aromatic heterocycles. The number of hydrogen-bond donors (Lipinski definition) is 2. The lowest BCUT2D eigenvalue weighted by atomic mass is 10.0. The monoisotopic (exact) mass is 412 g/mol. The number of benzene rings is 2. The molecule has 0 saturated carbocycles. The zero-order valence-corrected chi connectivity index (χ0v) is 17.5. The maximum atomic E-state index is 12.3. The molecule has 3 rings (SSSR count). The average molecular weight is 413 g/mol. The molecule has 2 aromatic carbocycles. The van der Waals surface area contributed by atoms with E-state index in [1.807, 2.05) is 39.0 Å². The van der Waals surface area contributed by atoms with Gasteiger partial charge in [0.1, 0.15) is 0 Å². The number of carbonyl (C=O) groups is 3. The second-order valence-electron chi connectivity index (χ2n) is 7.07. The maximum absolute atomic E-state index is 12.3. The summed E-state index contributed by atoms with van der Waals surface area (Å²) in [6.45, 7) is 5.58. The van der Waals surface area contributed by atoms with Crippen molar-refractivity contribution in [3.63, 3.8) is 0 Å². The van der Waals surface area contributed by atoms with Crippen molar-refractivity contribution >= 4 is 35.2 Å². The highest BCUT2D eigenvalue weighted by molar-refractivity contribution is 7.99. The molecule has 7 heteroatoms. The highest BCUT2D eigenvalue weighted by atomic mass is 32.2. The predicted octanol–water partition coefficient (Wildman–Crippen LogP) is 3.77. The number of nitrogens with one attached hydrogen (secondary N) is 2. The van der Waals surface area contributed by atoms with Gasteiger partial charge in [-0.15, -0.1) is 11.8 Å². The van der Waals surface area contributed by atoms with Gasteiger partial charge in [0.05, 0.1) is 17.3 Å². The van der Waals surface area contributed by atoms with Crippen molar-refractivity contribution in [1.29, 1.82) is 0 Å². The van der Waals surface area contributed by atoms with E-state index >= 15 is 0 Å². The fourth-order valence-corrected chi connectivity index (χ4v) is 3.90. The standard InChI is InChI=1S/C22H24N2O4S/c1-13-4-5-16(10-14(13)2)15(3)23-21(26)12-28-22(27)17-6-7-19-18(11-17)24-20(25)8-9-29-19/h4-7,10-11,15H,8-9,12H2,1-3H3,(H,23,26)(H,24,25)/t15-/m0/s1. The fraction of sp³-hybridized carbons (Fsp3) is 0.318. The normalized spacial score (nSPS) is 14.2. The van der Waals surface area contributed by atoms with Gasteiger partial charge in [0, 0.05) is 17.1 Å². The molecule has 29 heavy (non-hydrogen) atoms. The number of aryl methyl sites for hydroxylation is 2. The third kappa shape index (κ3) is 5.38. The van der Waals surface area contributed by atoms with Gasteiger partial charge in [0.2, 0.25) is 5.91 Å². The van der Waals surface area contributed by atoms with E-state index in [1.165, 1.54) is 5.56 Å². The Kier molecular flexibility index (Phi) is 6.59. The molecule has 1 aliphatic rings. The SMILES string of the molecule is Cc1ccc([C@H](C)NC(=O)COC(=O)c2ccc3c(c2)NC(=O)CCS3)cc1C. The van der Waals surface area contributed by atoms with Crippen molar-refractivity contribution < 1.29 is 19.1 Å². The van der Waals surface area contributed by atoms with Gasteiger partial charge in [0.25, 0.3) is 5.91 Å². The Labute approximate surface area is 174 Å². The first kappa shape index (κ1) is 20.9. The number of fused-ring (bicyclic) bond motifs is 1. The molecule has 152 valence electrons. The van der Waals surface area contributed by atoms with Gasteiger partial charge in [-0.3, -0.25) is 9.59 Å². The number of ether oxygens (including phenoxy) is 1. The van der Waals surface area contributed by atoms with Crippen molar-refractivity contribution in [2.45, 2.75) is 38.1 Å². The van der Waals surface area contributed by atoms with Crippen molar-refractivity contribution in [3.8, 4) is 0 Å². The molecular formula is C22H24N2O4S. The maximum Gasteiger partial charge on any atom is 0.338 e. The summed E-state index contributed by atoms with van der Waals surface area (Å²) in [5, 5.41) is 5.63. The Morgan fingerprint density at radius 3 is 2.72 bits per heavy atom. The van der Waals surface area contributed by atoms with E-state index in [9.17, 15) is 14.4 Å². The van der Waals surface area contributed by atoms with Crippen LogP contribution in [-0.2, 0) is 14.3 Å². The van der Waals surface area contributed by atoms with Crippen LogP contribution >= 0.6 is 11.8 Å². The second kappa shape index (κ2) is 9.13. The Morgan fingerprint density at radius 2 is 1.97 bits per heavy atom. The molecule has 0 unspecified atom stereocenters. The molecule has 2 N–H and O–H groups in total. The van der Waals surface area contributed by atoms with Gasteiger partial charge >= 0.3 is 5.97 Å². The van der Waals surface area contributed by atoms with Crippen LogP contribution in [0.3, 0.4) is 0 Å². The molecule has 0 fully saturated rings. The van der Waals surface area contributed by atoms with E-state index in [2.05, 4.69) is 10.6 Å². The summed E-state index contributed by atoms with van der Waals surface area (Å²) in [7, 11) is 0. The average Bonchev–Trinajstić information content (AvgIpc) is 2.87. The summed E-state index contributed by atoms with van der Waals surface area (Å²) >= 11 is 1.56. The first-order valence-corrected chi connectivity index (χ1v) is 10.4. The fourth-order valence-electron chi connectivity index (χ4n) is 2.96. The molecule has 2 aromatic rings. The minimum atomic E-state index is -0.606. The van der Waals surface area contributed by atoms with E-state index in [0.717, 1.165) is 16.0 Å². The highest BCUT2D eigenvalue weighted by Crippen LogP contribution is 2.31. The molecule has 1 heterocycles. The lowest BCUT2D eigenvalue weighted by Crippen LogP contribution is -2.31. The molecule has 6 nitrogen and oxygen atoms in total. The Hall–Kier alpha value is -2.80. The minimum absolute atomic E-state index is 0.0820. The number of esters is 1. The molecule has 1 atom stereocenters. The summed E-state index contributed by atoms with van der Waals surface area (Å²) in [6, 6.07) is 10.8. The zero-order valence-electron chi connectivity index (χ0n) is 16.7. The van der Waals surface area contributed by atoms with Gasteiger partial charge in [-0.25, -0.2) is 4.79 Å². The Morgan fingerprint density at radius 1 is 1.17 bits per heavy atom. The van der Waals surface area contributed by atoms with E-state index < -0.39 is 5.97 Å². The van der Waals surface area contributed by atoms with Gasteiger partial charge in [-0.2, -0.15) is 0 Å². The number of thioether (sulfide) groups is 1. The van der Waals surface area contributed by atoms with E-state index in [1.54, 1.807) is 30.0 Å². The number of rotatable bonds is 5. The van der Waals surface area contributed by atoms with Crippen LogP contribution in [-0.4, -0.2) is 30.1 Å². The Bertz CT molecular complexity index is 958. The van der Waals surface area contributed by atoms with Crippen molar-refractivity contribution in [3.05, 3.63) is 58.7 Å². The van der Waals surface area contributed by atoms with Crippen molar-refractivity contribution in [2.24, 2.45) is 0 Å². The molecule has 0 saturated heterocycles. The van der Waals surface area contributed by atoms with Crippen LogP contribution < -0.4 is 10.6 Å². The molecular weight excluding hydrogens is 388 g/mol. The number of amides is 2. The molecule has 0 spiro atoms. The van der Waals surface area contributed by atoms with Gasteiger partial charge < -0.3 is 15.4 Å². The van der Waals surface area contributed by atoms with Gasteiger partial charge in [-0.05, 0) is 55.7 Å². The van der Waals surface area contributed by atoms with Crippen LogP contribution in [0.25, 0.3) is 0 Å². The highest BCUT2D eigenvalue weighted by Gasteiger charge is 2.18. The summed E-state index contributed by atoms with van der Waals surface area (Å²) < 4.78 is 5.15. The minimum Gasteiger partial charge on any atom is -0.452 e. The number of anilines is 1. The van der Waals surface area contributed by atoms with Crippen molar-refractivity contribution in [2.75, 3.05) is 17.7 Å². The largest absolute Gasteiger partial charge is 0.452 e. The first-order valence-electron chi connectivity index (χ1n) is 9.44. The molecule has 0 bridgehead atoms. The molecule has 0 aliphatic carbocycles. The van der Waals surface area contributed by atoms with Crippen LogP contribution in [0.1, 0.15) is 46.4 Å². The zero-order chi connectivity index (χ0) is 21.0. The van der Waals surface area contributed by atoms with Crippen LogP contribution in [0.15, 0.2) is 41.3 Å². The quantitative estimate of drug-likeness (QED) is 0.731. The summed E-state index contributed by atoms with van der Waals surface area (Å²) in [4.78, 5) is 37.1. The van der Waals surface area contributed by atoms with E-state index in [0.29, 0.717) is 23.4 Å². The molecule has 1 aliphatic heterocycles. The van der Waals surface area contributed by atoms with Gasteiger partial charge in [-0.1, -0.05) is 18.2 Å². The topological polar surface area (TPSA) is 84.5 Å². The molecule has 0 radical (unpaired) electrons. The summed E-state index contributed by atoms with van der Waals surface area (Å²) in [5.41, 5.74) is 4.23.